The number of hydrogen-bond acceptors (Lipinski definition) is 3. The molecule has 0 saturated heterocycles. The van der Waals surface area contributed by atoms with Crippen LogP contribution < -0.4 is 4.72 Å². The summed E-state index contributed by atoms with van der Waals surface area (Å²) in [6, 6.07) is 4.94. The molecule has 1 aromatic heterocycles. The van der Waals surface area contributed by atoms with Crippen LogP contribution in [0, 0.1) is 0 Å². The largest absolute Gasteiger partial charge is 0.416 e. The highest BCUT2D eigenvalue weighted by Gasteiger charge is 2.31. The molecule has 0 fully saturated rings. The van der Waals surface area contributed by atoms with Gasteiger partial charge < -0.3 is 0 Å². The van der Waals surface area contributed by atoms with Gasteiger partial charge in [0.05, 0.1) is 11.8 Å². The summed E-state index contributed by atoms with van der Waals surface area (Å²) in [6.07, 6.45) is -3.21. The Balaban J connectivity index is 2.23. The molecule has 5 nitrogen and oxygen atoms in total. The van der Waals surface area contributed by atoms with E-state index in [9.17, 15) is 21.6 Å². The molecule has 0 radical (unpaired) electrons. The molecule has 2 aromatic rings. The van der Waals surface area contributed by atoms with E-state index in [1.165, 1.54) is 31.3 Å². The monoisotopic (exact) mass is 319 g/mol. The molecule has 2 N–H and O–H groups in total. The second kappa shape index (κ2) is 5.49. The molecule has 0 aliphatic rings. The Bertz CT molecular complexity index is 712. The van der Waals surface area contributed by atoms with Crippen molar-refractivity contribution in [1.29, 1.82) is 0 Å². The summed E-state index contributed by atoms with van der Waals surface area (Å²) >= 11 is 0. The summed E-state index contributed by atoms with van der Waals surface area (Å²) in [7, 11) is -3.86. The molecule has 0 saturated carbocycles. The van der Waals surface area contributed by atoms with E-state index in [0.29, 0.717) is 0 Å². The third kappa shape index (κ3) is 3.61. The van der Waals surface area contributed by atoms with Crippen LogP contribution in [-0.4, -0.2) is 18.6 Å². The fraction of sp³-hybridized carbons (Fsp3) is 0.250. The number of aromatic nitrogens is 2. The molecule has 0 aliphatic heterocycles. The standard InChI is InChI=1S/C12H12F3N3O2S/c1-8(18-21(19,20)11-5-6-16-17-11)9-3-2-4-10(7-9)12(13,14)15/h2-8,18H,1H3,(H,16,17). The molecule has 0 aliphatic carbocycles. The van der Waals surface area contributed by atoms with Crippen LogP contribution in [0.1, 0.15) is 24.1 Å². The number of rotatable bonds is 4. The van der Waals surface area contributed by atoms with Crippen molar-refractivity contribution < 1.29 is 21.6 Å². The average Bonchev–Trinajstić information content (AvgIpc) is 2.92. The third-order valence-corrected chi connectivity index (χ3v) is 4.28. The number of hydrogen-bond donors (Lipinski definition) is 2. The number of benzene rings is 1. The van der Waals surface area contributed by atoms with Gasteiger partial charge in [-0.05, 0) is 30.7 Å². The third-order valence-electron chi connectivity index (χ3n) is 2.81. The minimum atomic E-state index is -4.47. The maximum absolute atomic E-state index is 12.6. The SMILES string of the molecule is CC(NS(=O)(=O)c1ccn[nH]1)c1cccc(C(F)(F)F)c1. The zero-order valence-corrected chi connectivity index (χ0v) is 11.7. The van der Waals surface area contributed by atoms with E-state index in [-0.39, 0.29) is 10.6 Å². The molecule has 1 unspecified atom stereocenters. The zero-order chi connectivity index (χ0) is 15.7. The number of nitrogens with zero attached hydrogens (tertiary/aromatic N) is 1. The van der Waals surface area contributed by atoms with Crippen LogP contribution in [0.3, 0.4) is 0 Å². The highest BCUT2D eigenvalue weighted by molar-refractivity contribution is 7.89. The Morgan fingerprint density at radius 2 is 2.00 bits per heavy atom. The van der Waals surface area contributed by atoms with Crippen molar-refractivity contribution in [3.05, 3.63) is 47.7 Å². The maximum atomic E-state index is 12.6. The normalized spacial score (nSPS) is 14.1. The topological polar surface area (TPSA) is 74.8 Å². The first-order chi connectivity index (χ1) is 9.70. The maximum Gasteiger partial charge on any atom is 0.416 e. The van der Waals surface area contributed by atoms with Crippen molar-refractivity contribution in [2.24, 2.45) is 0 Å². The molecule has 114 valence electrons. The van der Waals surface area contributed by atoms with Gasteiger partial charge in [-0.15, -0.1) is 0 Å². The van der Waals surface area contributed by atoms with Crippen molar-refractivity contribution in [2.45, 2.75) is 24.2 Å². The molecular weight excluding hydrogens is 307 g/mol. The lowest BCUT2D eigenvalue weighted by molar-refractivity contribution is -0.137. The first kappa shape index (κ1) is 15.5. The van der Waals surface area contributed by atoms with E-state index < -0.39 is 27.8 Å². The average molecular weight is 319 g/mol. The fourth-order valence-electron chi connectivity index (χ4n) is 1.74. The second-order valence-electron chi connectivity index (χ2n) is 4.39. The van der Waals surface area contributed by atoms with Crippen LogP contribution in [0.15, 0.2) is 41.6 Å². The number of alkyl halides is 3. The van der Waals surface area contributed by atoms with Crippen molar-refractivity contribution in [1.82, 2.24) is 14.9 Å². The second-order valence-corrected chi connectivity index (χ2v) is 6.07. The molecule has 1 heterocycles. The van der Waals surface area contributed by atoms with Gasteiger partial charge in [0.1, 0.15) is 0 Å². The van der Waals surface area contributed by atoms with E-state index >= 15 is 0 Å². The molecule has 1 atom stereocenters. The number of nitrogens with one attached hydrogen (secondary N) is 2. The van der Waals surface area contributed by atoms with Crippen LogP contribution in [0.4, 0.5) is 13.2 Å². The van der Waals surface area contributed by atoms with Gasteiger partial charge in [0.2, 0.25) is 0 Å². The minimum Gasteiger partial charge on any atom is -0.266 e. The van der Waals surface area contributed by atoms with E-state index in [1.807, 2.05) is 0 Å². The van der Waals surface area contributed by atoms with Gasteiger partial charge in [0.15, 0.2) is 5.03 Å². The zero-order valence-electron chi connectivity index (χ0n) is 10.8. The number of sulfonamides is 1. The highest BCUT2D eigenvalue weighted by atomic mass is 32.2. The van der Waals surface area contributed by atoms with E-state index in [2.05, 4.69) is 14.9 Å². The summed E-state index contributed by atoms with van der Waals surface area (Å²) in [5.41, 5.74) is -0.611. The van der Waals surface area contributed by atoms with Crippen LogP contribution in [0.25, 0.3) is 0 Å². The fourth-order valence-corrected chi connectivity index (χ4v) is 2.88. The smallest absolute Gasteiger partial charge is 0.266 e. The highest BCUT2D eigenvalue weighted by Crippen LogP contribution is 2.30. The van der Waals surface area contributed by atoms with Crippen LogP contribution in [0.5, 0.6) is 0 Å². The van der Waals surface area contributed by atoms with Gasteiger partial charge in [-0.2, -0.15) is 18.3 Å². The van der Waals surface area contributed by atoms with Gasteiger partial charge in [-0.25, -0.2) is 13.1 Å². The van der Waals surface area contributed by atoms with E-state index in [4.69, 9.17) is 0 Å². The summed E-state index contributed by atoms with van der Waals surface area (Å²) in [6.45, 7) is 1.46. The quantitative estimate of drug-likeness (QED) is 0.909. The number of aromatic amines is 1. The molecule has 0 amide bonds. The van der Waals surface area contributed by atoms with Gasteiger partial charge in [0.25, 0.3) is 10.0 Å². The van der Waals surface area contributed by atoms with Crippen LogP contribution in [0.2, 0.25) is 0 Å². The predicted octanol–water partition coefficient (Wildman–Crippen LogP) is 2.47. The molecule has 9 heteroatoms. The molecule has 1 aromatic carbocycles. The first-order valence-electron chi connectivity index (χ1n) is 5.89. The van der Waals surface area contributed by atoms with Crippen molar-refractivity contribution in [2.75, 3.05) is 0 Å². The Morgan fingerprint density at radius 1 is 1.29 bits per heavy atom. The van der Waals surface area contributed by atoms with Gasteiger partial charge >= 0.3 is 6.18 Å². The van der Waals surface area contributed by atoms with Crippen molar-refractivity contribution >= 4 is 10.0 Å². The van der Waals surface area contributed by atoms with Gasteiger partial charge in [0, 0.05) is 6.04 Å². The van der Waals surface area contributed by atoms with Crippen molar-refractivity contribution in [3.8, 4) is 0 Å². The van der Waals surface area contributed by atoms with Gasteiger partial charge in [-0.1, -0.05) is 12.1 Å². The summed E-state index contributed by atoms with van der Waals surface area (Å²) in [5, 5.41) is 5.66. The Kier molecular flexibility index (Phi) is 4.06. The number of halogens is 3. The molecule has 0 bridgehead atoms. The Labute approximate surface area is 119 Å². The predicted molar refractivity (Wildman–Crippen MR) is 68.8 cm³/mol. The lowest BCUT2D eigenvalue weighted by Crippen LogP contribution is -2.27. The number of H-pyrrole nitrogens is 1. The van der Waals surface area contributed by atoms with Crippen LogP contribution in [-0.2, 0) is 16.2 Å². The molecule has 2 rings (SSSR count). The molecule has 21 heavy (non-hydrogen) atoms. The summed E-state index contributed by atoms with van der Waals surface area (Å²) in [5.74, 6) is 0. The van der Waals surface area contributed by atoms with Crippen LogP contribution >= 0.6 is 0 Å². The summed E-state index contributed by atoms with van der Waals surface area (Å²) < 4.78 is 64.1. The van der Waals surface area contributed by atoms with Crippen molar-refractivity contribution in [3.63, 3.8) is 0 Å². The lowest BCUT2D eigenvalue weighted by Gasteiger charge is -2.15. The summed E-state index contributed by atoms with van der Waals surface area (Å²) in [4.78, 5) is 0. The Hall–Kier alpha value is -1.87. The van der Waals surface area contributed by atoms with E-state index in [0.717, 1.165) is 12.1 Å². The van der Waals surface area contributed by atoms with E-state index in [1.54, 1.807) is 0 Å². The minimum absolute atomic E-state index is 0.152. The molecule has 0 spiro atoms. The molecular formula is C12H12F3N3O2S. The first-order valence-corrected chi connectivity index (χ1v) is 7.37. The van der Waals surface area contributed by atoms with Gasteiger partial charge in [-0.3, -0.25) is 5.10 Å². The lowest BCUT2D eigenvalue weighted by atomic mass is 10.1. The Morgan fingerprint density at radius 3 is 2.57 bits per heavy atom.